The van der Waals surface area contributed by atoms with Gasteiger partial charge in [0.1, 0.15) is 5.75 Å². The summed E-state index contributed by atoms with van der Waals surface area (Å²) in [7, 11) is 4.73. The van der Waals surface area contributed by atoms with Crippen LogP contribution in [0, 0.1) is 5.92 Å². The van der Waals surface area contributed by atoms with E-state index in [1.54, 1.807) is 52.5 Å². The fourth-order valence-corrected chi connectivity index (χ4v) is 3.25. The minimum Gasteiger partial charge on any atom is -0.497 e. The lowest BCUT2D eigenvalue weighted by Gasteiger charge is -2.22. The first-order valence-corrected chi connectivity index (χ1v) is 10.6. The van der Waals surface area contributed by atoms with Crippen LogP contribution < -0.4 is 14.2 Å². The number of methoxy groups -OCH3 is 3. The summed E-state index contributed by atoms with van der Waals surface area (Å²) in [5.74, 6) is 0.929. The smallest absolute Gasteiger partial charge is 0.336 e. The number of benzene rings is 2. The van der Waals surface area contributed by atoms with E-state index in [0.29, 0.717) is 29.2 Å². The molecule has 0 aliphatic carbocycles. The second-order valence-electron chi connectivity index (χ2n) is 7.30. The molecule has 0 radical (unpaired) electrons. The summed E-state index contributed by atoms with van der Waals surface area (Å²) in [5.41, 5.74) is 1.76. The molecule has 0 spiro atoms. The van der Waals surface area contributed by atoms with Crippen LogP contribution >= 0.6 is 0 Å². The molecule has 0 saturated heterocycles. The highest BCUT2D eigenvalue weighted by atomic mass is 16.5. The number of ether oxygens (including phenoxy) is 4. The first-order chi connectivity index (χ1) is 16.0. The van der Waals surface area contributed by atoms with Crippen molar-refractivity contribution >= 4 is 12.0 Å². The zero-order chi connectivity index (χ0) is 24.2. The highest BCUT2D eigenvalue weighted by Gasteiger charge is 2.23. The molecule has 2 N–H and O–H groups in total. The Labute approximate surface area is 194 Å². The predicted octanol–water partition coefficient (Wildman–Crippen LogP) is 3.95. The summed E-state index contributed by atoms with van der Waals surface area (Å²) in [5, 5.41) is 20.3. The number of carbonyl (C=O) groups excluding carboxylic acids is 1. The molecule has 2 rings (SSSR count). The molecule has 33 heavy (non-hydrogen) atoms. The highest BCUT2D eigenvalue weighted by molar-refractivity contribution is 5.88. The van der Waals surface area contributed by atoms with Gasteiger partial charge >= 0.3 is 5.97 Å². The third kappa shape index (κ3) is 7.37. The molecule has 2 aromatic rings. The van der Waals surface area contributed by atoms with Crippen LogP contribution in [0.15, 0.2) is 60.2 Å². The molecule has 2 atom stereocenters. The fourth-order valence-electron chi connectivity index (χ4n) is 3.25. The van der Waals surface area contributed by atoms with Crippen LogP contribution in [-0.2, 0) is 9.53 Å². The van der Waals surface area contributed by atoms with Gasteiger partial charge in [-0.15, -0.1) is 0 Å². The van der Waals surface area contributed by atoms with E-state index >= 15 is 0 Å². The Morgan fingerprint density at radius 1 is 1.00 bits per heavy atom. The van der Waals surface area contributed by atoms with Crippen LogP contribution in [0.1, 0.15) is 30.6 Å². The summed E-state index contributed by atoms with van der Waals surface area (Å²) in [4.78, 5) is 12.2. The SMILES string of the molecule is C/C=C(/CO)C(=O)OC[C@H](C/C=C/c1ccc(OC)c(OC)c1)[C@H](O)c1ccc(OC)cc1. The Morgan fingerprint density at radius 3 is 2.27 bits per heavy atom. The number of rotatable bonds is 12. The van der Waals surface area contributed by atoms with Gasteiger partial charge in [0.15, 0.2) is 11.5 Å². The molecule has 0 aliphatic rings. The Hall–Kier alpha value is -3.29. The molecular weight excluding hydrogens is 424 g/mol. The molecule has 0 saturated carbocycles. The third-order valence-corrected chi connectivity index (χ3v) is 5.27. The number of hydrogen-bond acceptors (Lipinski definition) is 7. The van der Waals surface area contributed by atoms with Gasteiger partial charge in [-0.2, -0.15) is 0 Å². The van der Waals surface area contributed by atoms with Gasteiger partial charge in [-0.05, 0) is 48.7 Å². The summed E-state index contributed by atoms with van der Waals surface area (Å²) in [6.07, 6.45) is 4.90. The first kappa shape index (κ1) is 26.0. The van der Waals surface area contributed by atoms with Crippen molar-refractivity contribution in [1.29, 1.82) is 0 Å². The molecule has 0 amide bonds. The van der Waals surface area contributed by atoms with E-state index in [4.69, 9.17) is 18.9 Å². The van der Waals surface area contributed by atoms with Crippen molar-refractivity contribution in [3.05, 3.63) is 71.3 Å². The van der Waals surface area contributed by atoms with Gasteiger partial charge in [0.2, 0.25) is 0 Å². The maximum atomic E-state index is 12.2. The van der Waals surface area contributed by atoms with Crippen LogP contribution in [0.4, 0.5) is 0 Å². The highest BCUT2D eigenvalue weighted by Crippen LogP contribution is 2.30. The molecule has 0 heterocycles. The Morgan fingerprint density at radius 2 is 1.70 bits per heavy atom. The normalized spacial score (nSPS) is 13.5. The topological polar surface area (TPSA) is 94.5 Å². The molecule has 0 bridgehead atoms. The van der Waals surface area contributed by atoms with Gasteiger partial charge in [0.05, 0.1) is 46.2 Å². The molecule has 2 aromatic carbocycles. The van der Waals surface area contributed by atoms with Crippen molar-refractivity contribution in [2.45, 2.75) is 19.4 Å². The molecule has 0 fully saturated rings. The molecular formula is C26H32O7. The standard InChI is InChI=1S/C26H32O7/c1-5-19(16-27)26(29)33-17-21(25(28)20-10-12-22(30-2)13-11-20)8-6-7-18-9-14-23(31-3)24(15-18)32-4/h5-7,9-15,21,25,27-28H,8,16-17H2,1-4H3/b7-6+,19-5-/t21-,25+/m0/s1. The Balaban J connectivity index is 2.18. The number of carbonyl (C=O) groups is 1. The zero-order valence-corrected chi connectivity index (χ0v) is 19.5. The van der Waals surface area contributed by atoms with E-state index in [-0.39, 0.29) is 12.2 Å². The Bertz CT molecular complexity index is 948. The number of aliphatic hydroxyl groups is 2. The zero-order valence-electron chi connectivity index (χ0n) is 19.5. The summed E-state index contributed by atoms with van der Waals surface area (Å²) in [6.45, 7) is 1.24. The fraction of sp³-hybridized carbons (Fsp3) is 0.346. The van der Waals surface area contributed by atoms with E-state index in [9.17, 15) is 15.0 Å². The lowest BCUT2D eigenvalue weighted by atomic mass is 9.93. The van der Waals surface area contributed by atoms with Gasteiger partial charge in [-0.1, -0.05) is 36.4 Å². The number of aliphatic hydroxyl groups excluding tert-OH is 2. The Kier molecular flexibility index (Phi) is 10.5. The predicted molar refractivity (Wildman–Crippen MR) is 126 cm³/mol. The van der Waals surface area contributed by atoms with Crippen LogP contribution in [-0.4, -0.2) is 50.7 Å². The van der Waals surface area contributed by atoms with Gasteiger partial charge in [-0.3, -0.25) is 0 Å². The molecule has 0 unspecified atom stereocenters. The van der Waals surface area contributed by atoms with Crippen molar-refractivity contribution < 1.29 is 34.0 Å². The van der Waals surface area contributed by atoms with Crippen LogP contribution in [0.3, 0.4) is 0 Å². The van der Waals surface area contributed by atoms with Crippen LogP contribution in [0.2, 0.25) is 0 Å². The van der Waals surface area contributed by atoms with Crippen molar-refractivity contribution in [3.8, 4) is 17.2 Å². The van der Waals surface area contributed by atoms with Crippen molar-refractivity contribution in [2.75, 3.05) is 34.5 Å². The van der Waals surface area contributed by atoms with E-state index in [2.05, 4.69) is 0 Å². The van der Waals surface area contributed by atoms with Crippen LogP contribution in [0.5, 0.6) is 17.2 Å². The molecule has 7 nitrogen and oxygen atoms in total. The number of hydrogen-bond donors (Lipinski definition) is 2. The maximum absolute atomic E-state index is 12.2. The summed E-state index contributed by atoms with van der Waals surface area (Å²) < 4.78 is 21.2. The average Bonchev–Trinajstić information content (AvgIpc) is 2.86. The molecule has 7 heteroatoms. The molecule has 0 aromatic heterocycles. The van der Waals surface area contributed by atoms with E-state index in [1.807, 2.05) is 30.4 Å². The minimum absolute atomic E-state index is 0.0142. The molecule has 178 valence electrons. The lowest BCUT2D eigenvalue weighted by Crippen LogP contribution is -2.22. The number of esters is 1. The van der Waals surface area contributed by atoms with E-state index in [1.165, 1.54) is 6.08 Å². The van der Waals surface area contributed by atoms with Crippen molar-refractivity contribution in [3.63, 3.8) is 0 Å². The van der Waals surface area contributed by atoms with Crippen molar-refractivity contribution in [2.24, 2.45) is 5.92 Å². The second-order valence-corrected chi connectivity index (χ2v) is 7.30. The second kappa shape index (κ2) is 13.3. The monoisotopic (exact) mass is 456 g/mol. The largest absolute Gasteiger partial charge is 0.497 e. The van der Waals surface area contributed by atoms with E-state index < -0.39 is 24.6 Å². The third-order valence-electron chi connectivity index (χ3n) is 5.27. The minimum atomic E-state index is -0.873. The lowest BCUT2D eigenvalue weighted by molar-refractivity contribution is -0.142. The van der Waals surface area contributed by atoms with Gasteiger partial charge < -0.3 is 29.2 Å². The molecule has 0 aliphatic heterocycles. The van der Waals surface area contributed by atoms with Crippen molar-refractivity contribution in [1.82, 2.24) is 0 Å². The van der Waals surface area contributed by atoms with Gasteiger partial charge in [0.25, 0.3) is 0 Å². The number of allylic oxidation sites excluding steroid dienone is 2. The van der Waals surface area contributed by atoms with Gasteiger partial charge in [0, 0.05) is 5.92 Å². The maximum Gasteiger partial charge on any atom is 0.336 e. The van der Waals surface area contributed by atoms with Gasteiger partial charge in [-0.25, -0.2) is 4.79 Å². The van der Waals surface area contributed by atoms with E-state index in [0.717, 1.165) is 5.56 Å². The quantitative estimate of drug-likeness (QED) is 0.369. The summed E-state index contributed by atoms with van der Waals surface area (Å²) in [6, 6.07) is 12.7. The summed E-state index contributed by atoms with van der Waals surface area (Å²) >= 11 is 0. The van der Waals surface area contributed by atoms with Crippen LogP contribution in [0.25, 0.3) is 6.08 Å². The first-order valence-electron chi connectivity index (χ1n) is 10.6. The average molecular weight is 457 g/mol.